The molecule has 11 nitrogen and oxygen atoms in total. The molecule has 0 bridgehead atoms. The van der Waals surface area contributed by atoms with E-state index in [1.807, 2.05) is 18.2 Å². The number of hydrogen-bond acceptors (Lipinski definition) is 10. The van der Waals surface area contributed by atoms with Crippen LogP contribution >= 0.6 is 0 Å². The van der Waals surface area contributed by atoms with Crippen molar-refractivity contribution in [2.24, 2.45) is 0 Å². The molecule has 378 valence electrons. The van der Waals surface area contributed by atoms with Crippen molar-refractivity contribution in [3.8, 4) is 0 Å². The van der Waals surface area contributed by atoms with Crippen molar-refractivity contribution in [1.29, 1.82) is 0 Å². The van der Waals surface area contributed by atoms with Crippen LogP contribution in [0.25, 0.3) is 0 Å². The standard InChI is InChI=1S/C54H97NO10/c1-4-7-10-13-16-19-22-23-24-27-29-32-35-38-41-47(58)53(62)55-45(46(57)40-37-34-31-28-25-20-17-14-11-8-5-2)44-63-54-52(51(61)50(60)48(43-56)64-54)65-49(59)42-39-36-33-30-26-21-18-15-12-9-6-3/h7,10,13,16,19,22,37,40,45-48,50-52,54,56-58,60-61H,4-6,8-9,11-12,14-15,17-18,20-21,23-36,38-39,41-44H2,1-3H3,(H,55,62)/b10-7+,16-13+,22-19+,40-37+. The number of aliphatic hydroxyl groups excluding tert-OH is 5. The van der Waals surface area contributed by atoms with Gasteiger partial charge in [-0.1, -0.05) is 217 Å². The molecule has 11 heteroatoms. The van der Waals surface area contributed by atoms with Gasteiger partial charge in [0.1, 0.15) is 24.4 Å². The Bertz CT molecular complexity index is 1240. The number of unbranched alkanes of at least 4 members (excludes halogenated alkanes) is 25. The summed E-state index contributed by atoms with van der Waals surface area (Å²) in [7, 11) is 0. The van der Waals surface area contributed by atoms with Crippen LogP contribution in [0.1, 0.15) is 220 Å². The van der Waals surface area contributed by atoms with Gasteiger partial charge in [-0.2, -0.15) is 0 Å². The van der Waals surface area contributed by atoms with E-state index in [2.05, 4.69) is 50.4 Å². The molecule has 8 unspecified atom stereocenters. The van der Waals surface area contributed by atoms with E-state index < -0.39 is 67.4 Å². The normalized spacial score (nSPS) is 20.6. The fourth-order valence-corrected chi connectivity index (χ4v) is 8.06. The van der Waals surface area contributed by atoms with Crippen molar-refractivity contribution in [1.82, 2.24) is 5.32 Å². The third-order valence-electron chi connectivity index (χ3n) is 12.3. The highest BCUT2D eigenvalue weighted by Gasteiger charge is 2.47. The van der Waals surface area contributed by atoms with Gasteiger partial charge in [0.2, 0.25) is 5.91 Å². The van der Waals surface area contributed by atoms with E-state index in [-0.39, 0.29) is 19.4 Å². The van der Waals surface area contributed by atoms with Crippen molar-refractivity contribution >= 4 is 11.9 Å². The first-order chi connectivity index (χ1) is 31.7. The summed E-state index contributed by atoms with van der Waals surface area (Å²) < 4.78 is 17.5. The average molecular weight is 920 g/mol. The number of rotatable bonds is 43. The third-order valence-corrected chi connectivity index (χ3v) is 12.3. The maximum atomic E-state index is 13.3. The molecule has 1 aliphatic rings. The molecule has 1 heterocycles. The zero-order chi connectivity index (χ0) is 47.6. The van der Waals surface area contributed by atoms with E-state index in [1.54, 1.807) is 6.08 Å². The zero-order valence-corrected chi connectivity index (χ0v) is 41.3. The maximum absolute atomic E-state index is 13.3. The predicted octanol–water partition coefficient (Wildman–Crippen LogP) is 10.9. The Labute approximate surface area is 396 Å². The quantitative estimate of drug-likeness (QED) is 0.0149. The number of carbonyl (C=O) groups is 2. The summed E-state index contributed by atoms with van der Waals surface area (Å²) in [5.41, 5.74) is 0. The Balaban J connectivity index is 2.78. The van der Waals surface area contributed by atoms with E-state index in [9.17, 15) is 35.1 Å². The Morgan fingerprint density at radius 1 is 0.615 bits per heavy atom. The Morgan fingerprint density at radius 2 is 1.11 bits per heavy atom. The molecule has 0 aromatic rings. The molecule has 0 radical (unpaired) electrons. The molecule has 0 aromatic heterocycles. The van der Waals surface area contributed by atoms with Crippen LogP contribution in [0.5, 0.6) is 0 Å². The lowest BCUT2D eigenvalue weighted by Gasteiger charge is -2.41. The summed E-state index contributed by atoms with van der Waals surface area (Å²) in [5, 5.41) is 56.5. The average Bonchev–Trinajstić information content (AvgIpc) is 3.30. The van der Waals surface area contributed by atoms with E-state index in [0.717, 1.165) is 83.5 Å². The second kappa shape index (κ2) is 42.9. The molecule has 0 spiro atoms. The van der Waals surface area contributed by atoms with E-state index in [4.69, 9.17) is 14.2 Å². The Morgan fingerprint density at radius 3 is 1.65 bits per heavy atom. The number of amides is 1. The number of allylic oxidation sites excluding steroid dienone is 7. The Kier molecular flexibility index (Phi) is 40.1. The molecule has 1 rings (SSSR count). The maximum Gasteiger partial charge on any atom is 0.306 e. The molecule has 8 atom stereocenters. The lowest BCUT2D eigenvalue weighted by atomic mass is 9.99. The van der Waals surface area contributed by atoms with Crippen molar-refractivity contribution in [3.63, 3.8) is 0 Å². The fraction of sp³-hybridized carbons (Fsp3) is 0.815. The molecule has 1 saturated heterocycles. The first kappa shape index (κ1) is 60.6. The van der Waals surface area contributed by atoms with Gasteiger partial charge in [0.05, 0.1) is 25.4 Å². The van der Waals surface area contributed by atoms with Crippen LogP contribution in [-0.4, -0.2) is 99.6 Å². The fourth-order valence-electron chi connectivity index (χ4n) is 8.06. The van der Waals surface area contributed by atoms with Crippen molar-refractivity contribution in [2.75, 3.05) is 13.2 Å². The van der Waals surface area contributed by atoms with E-state index in [0.29, 0.717) is 12.8 Å². The summed E-state index contributed by atoms with van der Waals surface area (Å²) in [5.74, 6) is -1.21. The van der Waals surface area contributed by atoms with Crippen LogP contribution in [0.3, 0.4) is 0 Å². The van der Waals surface area contributed by atoms with E-state index >= 15 is 0 Å². The van der Waals surface area contributed by atoms with Gasteiger partial charge in [0, 0.05) is 6.42 Å². The summed E-state index contributed by atoms with van der Waals surface area (Å²) in [6.07, 6.45) is 38.8. The van der Waals surface area contributed by atoms with Crippen LogP contribution < -0.4 is 5.32 Å². The van der Waals surface area contributed by atoms with Crippen molar-refractivity contribution in [3.05, 3.63) is 48.6 Å². The van der Waals surface area contributed by atoms with Gasteiger partial charge in [0.25, 0.3) is 0 Å². The van der Waals surface area contributed by atoms with Gasteiger partial charge < -0.3 is 45.1 Å². The molecular formula is C54H97NO10. The molecule has 1 aliphatic heterocycles. The minimum atomic E-state index is -1.61. The largest absolute Gasteiger partial charge is 0.454 e. The number of ether oxygens (including phenoxy) is 3. The number of nitrogens with one attached hydrogen (secondary N) is 1. The van der Waals surface area contributed by atoms with Crippen LogP contribution in [0.15, 0.2) is 48.6 Å². The van der Waals surface area contributed by atoms with Gasteiger partial charge in [-0.25, -0.2) is 0 Å². The molecule has 0 aliphatic carbocycles. The number of esters is 1. The van der Waals surface area contributed by atoms with Gasteiger partial charge in [-0.3, -0.25) is 9.59 Å². The van der Waals surface area contributed by atoms with Gasteiger partial charge in [0.15, 0.2) is 12.4 Å². The highest BCUT2D eigenvalue weighted by molar-refractivity contribution is 5.80. The summed E-state index contributed by atoms with van der Waals surface area (Å²) in [6.45, 7) is 5.60. The molecular weight excluding hydrogens is 823 g/mol. The van der Waals surface area contributed by atoms with Crippen LogP contribution in [0, 0.1) is 0 Å². The van der Waals surface area contributed by atoms with Gasteiger partial charge >= 0.3 is 5.97 Å². The number of carbonyl (C=O) groups excluding carboxylic acids is 2. The second-order valence-electron chi connectivity index (χ2n) is 18.3. The number of aliphatic hydroxyl groups is 5. The highest BCUT2D eigenvalue weighted by atomic mass is 16.7. The monoisotopic (exact) mass is 920 g/mol. The molecule has 1 amide bonds. The van der Waals surface area contributed by atoms with Crippen LogP contribution in [0.2, 0.25) is 0 Å². The zero-order valence-electron chi connectivity index (χ0n) is 41.3. The third kappa shape index (κ3) is 32.1. The summed E-state index contributed by atoms with van der Waals surface area (Å²) in [4.78, 5) is 26.3. The minimum Gasteiger partial charge on any atom is -0.454 e. The lowest BCUT2D eigenvalue weighted by molar-refractivity contribution is -0.305. The first-order valence-electron chi connectivity index (χ1n) is 26.4. The molecule has 6 N–H and O–H groups in total. The van der Waals surface area contributed by atoms with E-state index in [1.165, 1.54) is 89.9 Å². The molecule has 65 heavy (non-hydrogen) atoms. The minimum absolute atomic E-state index is 0.124. The lowest BCUT2D eigenvalue weighted by Crippen LogP contribution is -2.61. The van der Waals surface area contributed by atoms with Crippen molar-refractivity contribution in [2.45, 2.75) is 269 Å². The van der Waals surface area contributed by atoms with Crippen LogP contribution in [-0.2, 0) is 23.8 Å². The molecule has 0 aromatic carbocycles. The smallest absolute Gasteiger partial charge is 0.306 e. The second-order valence-corrected chi connectivity index (χ2v) is 18.3. The topological polar surface area (TPSA) is 175 Å². The summed E-state index contributed by atoms with van der Waals surface area (Å²) in [6, 6.07) is -1.03. The van der Waals surface area contributed by atoms with Gasteiger partial charge in [-0.15, -0.1) is 0 Å². The van der Waals surface area contributed by atoms with Crippen LogP contribution in [0.4, 0.5) is 0 Å². The summed E-state index contributed by atoms with van der Waals surface area (Å²) >= 11 is 0. The first-order valence-corrected chi connectivity index (χ1v) is 26.4. The highest BCUT2D eigenvalue weighted by Crippen LogP contribution is 2.26. The van der Waals surface area contributed by atoms with Gasteiger partial charge in [-0.05, 0) is 44.9 Å². The SMILES string of the molecule is CC/C=C/C=C/C=C/CCCCCCCCC(O)C(=O)NC(COC1OC(CO)C(O)C(O)C1OC(=O)CCCCCCCCCCCCC)C(O)/C=C/CCCCCCCCCCC. The van der Waals surface area contributed by atoms with Crippen molar-refractivity contribution < 1.29 is 49.3 Å². The molecule has 1 fully saturated rings. The Hall–Kier alpha value is -2.38. The molecule has 0 saturated carbocycles. The number of hydrogen-bond donors (Lipinski definition) is 6. The predicted molar refractivity (Wildman–Crippen MR) is 264 cm³/mol.